The van der Waals surface area contributed by atoms with E-state index in [0.717, 1.165) is 15.7 Å². The van der Waals surface area contributed by atoms with Crippen LogP contribution in [-0.4, -0.2) is 22.6 Å². The Kier molecular flexibility index (Phi) is 4.13. The van der Waals surface area contributed by atoms with Crippen molar-refractivity contribution in [3.63, 3.8) is 0 Å². The Bertz CT molecular complexity index is 903. The van der Waals surface area contributed by atoms with Gasteiger partial charge in [-0.15, -0.1) is 0 Å². The minimum absolute atomic E-state index is 0.0782. The van der Waals surface area contributed by atoms with Crippen molar-refractivity contribution in [2.24, 2.45) is 0 Å². The lowest BCUT2D eigenvalue weighted by Crippen LogP contribution is -2.24. The second kappa shape index (κ2) is 6.44. The summed E-state index contributed by atoms with van der Waals surface area (Å²) in [4.78, 5) is 18.7. The van der Waals surface area contributed by atoms with Crippen LogP contribution in [-0.2, 0) is 4.79 Å². The monoisotopic (exact) mass is 397 g/mol. The van der Waals surface area contributed by atoms with E-state index in [2.05, 4.69) is 26.1 Å². The van der Waals surface area contributed by atoms with Crippen molar-refractivity contribution in [3.8, 4) is 11.4 Å². The highest BCUT2D eigenvalue weighted by atomic mass is 79.9. The second-order valence-corrected chi connectivity index (χ2v) is 7.12. The maximum absolute atomic E-state index is 12.4. The molecule has 1 amide bonds. The summed E-state index contributed by atoms with van der Waals surface area (Å²) in [7, 11) is 0. The van der Waals surface area contributed by atoms with Crippen LogP contribution in [0.15, 0.2) is 57.5 Å². The van der Waals surface area contributed by atoms with E-state index in [4.69, 9.17) is 4.52 Å². The second-order valence-electron chi connectivity index (χ2n) is 6.20. The predicted molar refractivity (Wildman–Crippen MR) is 98.3 cm³/mol. The number of aryl methyl sites for hydroxylation is 1. The summed E-state index contributed by atoms with van der Waals surface area (Å²) >= 11 is 3.41. The largest absolute Gasteiger partial charge is 0.339 e. The molecule has 0 spiro atoms. The van der Waals surface area contributed by atoms with Gasteiger partial charge in [-0.1, -0.05) is 38.8 Å². The van der Waals surface area contributed by atoms with Crippen LogP contribution in [0.25, 0.3) is 11.4 Å². The van der Waals surface area contributed by atoms with Gasteiger partial charge in [-0.25, -0.2) is 0 Å². The zero-order valence-electron chi connectivity index (χ0n) is 13.6. The van der Waals surface area contributed by atoms with Gasteiger partial charge in [0, 0.05) is 28.7 Å². The van der Waals surface area contributed by atoms with Gasteiger partial charge in [0.05, 0.1) is 5.92 Å². The van der Waals surface area contributed by atoms with Gasteiger partial charge >= 0.3 is 0 Å². The molecule has 6 heteroatoms. The van der Waals surface area contributed by atoms with Crippen molar-refractivity contribution in [1.29, 1.82) is 0 Å². The number of hydrogen-bond donors (Lipinski definition) is 0. The van der Waals surface area contributed by atoms with Gasteiger partial charge in [-0.3, -0.25) is 4.79 Å². The number of carbonyl (C=O) groups is 1. The lowest BCUT2D eigenvalue weighted by molar-refractivity contribution is -0.117. The Hall–Kier alpha value is -2.47. The van der Waals surface area contributed by atoms with E-state index in [9.17, 15) is 4.79 Å². The Balaban J connectivity index is 1.54. The Morgan fingerprint density at radius 3 is 2.56 bits per heavy atom. The number of anilines is 1. The molecule has 3 aromatic rings. The molecule has 0 aliphatic carbocycles. The van der Waals surface area contributed by atoms with Gasteiger partial charge in [0.1, 0.15) is 0 Å². The lowest BCUT2D eigenvalue weighted by Gasteiger charge is -2.16. The van der Waals surface area contributed by atoms with Crippen LogP contribution in [0.1, 0.15) is 23.8 Å². The van der Waals surface area contributed by atoms with Crippen molar-refractivity contribution >= 4 is 27.5 Å². The highest BCUT2D eigenvalue weighted by Crippen LogP contribution is 2.32. The molecule has 4 rings (SSSR count). The first-order chi connectivity index (χ1) is 12.1. The minimum atomic E-state index is -0.0782. The molecule has 1 aromatic heterocycles. The summed E-state index contributed by atoms with van der Waals surface area (Å²) < 4.78 is 6.43. The molecule has 25 heavy (non-hydrogen) atoms. The van der Waals surface area contributed by atoms with Crippen LogP contribution >= 0.6 is 15.9 Å². The van der Waals surface area contributed by atoms with E-state index in [0.29, 0.717) is 24.7 Å². The molecule has 1 aliphatic heterocycles. The predicted octanol–water partition coefficient (Wildman–Crippen LogP) is 4.33. The Morgan fingerprint density at radius 2 is 1.84 bits per heavy atom. The smallest absolute Gasteiger partial charge is 0.232 e. The lowest BCUT2D eigenvalue weighted by atomic mass is 10.1. The maximum Gasteiger partial charge on any atom is 0.232 e. The van der Waals surface area contributed by atoms with Crippen molar-refractivity contribution in [1.82, 2.24) is 10.1 Å². The highest BCUT2D eigenvalue weighted by molar-refractivity contribution is 9.10. The van der Waals surface area contributed by atoms with Crippen LogP contribution in [0, 0.1) is 6.92 Å². The van der Waals surface area contributed by atoms with E-state index < -0.39 is 0 Å². The molecule has 1 aliphatic rings. The number of amides is 1. The molecule has 1 saturated heterocycles. The maximum atomic E-state index is 12.4. The Morgan fingerprint density at radius 1 is 1.12 bits per heavy atom. The SMILES string of the molecule is Cc1ccc(N2C[C@H](c3nc(-c4ccc(Br)cc4)no3)CC2=O)cc1. The summed E-state index contributed by atoms with van der Waals surface area (Å²) in [6.45, 7) is 2.59. The van der Waals surface area contributed by atoms with Gasteiger partial charge in [-0.05, 0) is 43.3 Å². The van der Waals surface area contributed by atoms with Crippen LogP contribution in [0.2, 0.25) is 0 Å². The summed E-state index contributed by atoms with van der Waals surface area (Å²) in [5.74, 6) is 1.06. The molecular weight excluding hydrogens is 382 g/mol. The fraction of sp³-hybridized carbons (Fsp3) is 0.211. The van der Waals surface area contributed by atoms with Crippen molar-refractivity contribution in [2.75, 3.05) is 11.4 Å². The highest BCUT2D eigenvalue weighted by Gasteiger charge is 2.35. The average Bonchev–Trinajstić information content (AvgIpc) is 3.23. The third-order valence-electron chi connectivity index (χ3n) is 4.36. The zero-order chi connectivity index (χ0) is 17.4. The van der Waals surface area contributed by atoms with Crippen molar-refractivity contribution in [3.05, 3.63) is 64.5 Å². The van der Waals surface area contributed by atoms with Crippen molar-refractivity contribution in [2.45, 2.75) is 19.3 Å². The summed E-state index contributed by atoms with van der Waals surface area (Å²) in [6, 6.07) is 15.7. The van der Waals surface area contributed by atoms with E-state index >= 15 is 0 Å². The van der Waals surface area contributed by atoms with Crippen LogP contribution in [0.3, 0.4) is 0 Å². The normalized spacial score (nSPS) is 17.3. The average molecular weight is 398 g/mol. The molecular formula is C19H16BrN3O2. The number of hydrogen-bond acceptors (Lipinski definition) is 4. The van der Waals surface area contributed by atoms with E-state index in [1.54, 1.807) is 4.90 Å². The standard InChI is InChI=1S/C19H16BrN3O2/c1-12-2-8-16(9-3-12)23-11-14(10-17(23)24)19-21-18(22-25-19)13-4-6-15(20)7-5-13/h2-9,14H,10-11H2,1H3/t14-/m1/s1. The molecule has 1 atom stereocenters. The van der Waals surface area contributed by atoms with Gasteiger partial charge < -0.3 is 9.42 Å². The summed E-state index contributed by atoms with van der Waals surface area (Å²) in [5.41, 5.74) is 2.96. The number of nitrogens with zero attached hydrogens (tertiary/aromatic N) is 3. The molecule has 0 N–H and O–H groups in total. The fourth-order valence-electron chi connectivity index (χ4n) is 2.96. The quantitative estimate of drug-likeness (QED) is 0.659. The van der Waals surface area contributed by atoms with Gasteiger partial charge in [0.2, 0.25) is 17.6 Å². The van der Waals surface area contributed by atoms with E-state index in [1.807, 2.05) is 55.5 Å². The third-order valence-corrected chi connectivity index (χ3v) is 4.89. The van der Waals surface area contributed by atoms with Gasteiger partial charge in [-0.2, -0.15) is 4.98 Å². The fourth-order valence-corrected chi connectivity index (χ4v) is 3.23. The topological polar surface area (TPSA) is 59.2 Å². The van der Waals surface area contributed by atoms with Gasteiger partial charge in [0.15, 0.2) is 0 Å². The van der Waals surface area contributed by atoms with Crippen LogP contribution in [0.4, 0.5) is 5.69 Å². The molecule has 0 unspecified atom stereocenters. The molecule has 0 bridgehead atoms. The first kappa shape index (κ1) is 16.0. The number of aromatic nitrogens is 2. The van der Waals surface area contributed by atoms with Crippen molar-refractivity contribution < 1.29 is 9.32 Å². The van der Waals surface area contributed by atoms with Crippen LogP contribution in [0.5, 0.6) is 0 Å². The van der Waals surface area contributed by atoms with Crippen LogP contribution < -0.4 is 4.90 Å². The number of halogens is 1. The number of benzene rings is 2. The molecule has 2 aromatic carbocycles. The molecule has 0 radical (unpaired) electrons. The number of rotatable bonds is 3. The molecule has 5 nitrogen and oxygen atoms in total. The molecule has 1 fully saturated rings. The third kappa shape index (κ3) is 3.22. The summed E-state index contributed by atoms with van der Waals surface area (Å²) in [6.07, 6.45) is 0.385. The number of carbonyl (C=O) groups excluding carboxylic acids is 1. The molecule has 0 saturated carbocycles. The Labute approximate surface area is 153 Å². The van der Waals surface area contributed by atoms with Gasteiger partial charge in [0.25, 0.3) is 0 Å². The molecule has 126 valence electrons. The minimum Gasteiger partial charge on any atom is -0.339 e. The molecule has 2 heterocycles. The summed E-state index contributed by atoms with van der Waals surface area (Å²) in [5, 5.41) is 4.06. The van der Waals surface area contributed by atoms with E-state index in [-0.39, 0.29) is 11.8 Å². The zero-order valence-corrected chi connectivity index (χ0v) is 15.2. The van der Waals surface area contributed by atoms with E-state index in [1.165, 1.54) is 5.56 Å². The first-order valence-corrected chi connectivity index (χ1v) is 8.86. The first-order valence-electron chi connectivity index (χ1n) is 8.07.